The average Bonchev–Trinajstić information content (AvgIpc) is 2.92. The van der Waals surface area contributed by atoms with Gasteiger partial charge < -0.3 is 0 Å². The van der Waals surface area contributed by atoms with Crippen LogP contribution in [0.3, 0.4) is 0 Å². The van der Waals surface area contributed by atoms with Crippen molar-refractivity contribution in [3.63, 3.8) is 0 Å². The summed E-state index contributed by atoms with van der Waals surface area (Å²) in [4.78, 5) is 12.3. The third-order valence-corrected chi connectivity index (χ3v) is 3.36. The minimum Gasteiger partial charge on any atom is -0.261 e. The Hall–Kier alpha value is -2.21. The first-order valence-electron chi connectivity index (χ1n) is 5.41. The van der Waals surface area contributed by atoms with Crippen molar-refractivity contribution in [1.29, 1.82) is 0 Å². The van der Waals surface area contributed by atoms with Gasteiger partial charge in [-0.1, -0.05) is 0 Å². The summed E-state index contributed by atoms with van der Waals surface area (Å²) in [5, 5.41) is 2.29. The summed E-state index contributed by atoms with van der Waals surface area (Å²) in [7, 11) is 0. The van der Waals surface area contributed by atoms with Crippen molar-refractivity contribution in [2.24, 2.45) is 0 Å². The molecule has 0 bridgehead atoms. The highest BCUT2D eigenvalue weighted by atomic mass is 32.1. The SMILES string of the molecule is Fc1ccc(F)c(-c2csc(-c3cnccn3)n2)c1. The van der Waals surface area contributed by atoms with Gasteiger partial charge in [0.05, 0.1) is 11.9 Å². The summed E-state index contributed by atoms with van der Waals surface area (Å²) in [6.45, 7) is 0. The van der Waals surface area contributed by atoms with Crippen LogP contribution in [0.5, 0.6) is 0 Å². The summed E-state index contributed by atoms with van der Waals surface area (Å²) in [5.41, 5.74) is 1.14. The molecule has 2 heterocycles. The number of halogens is 2. The molecule has 0 aliphatic rings. The van der Waals surface area contributed by atoms with Gasteiger partial charge in [0, 0.05) is 23.3 Å². The minimum atomic E-state index is -0.502. The lowest BCUT2D eigenvalue weighted by Gasteiger charge is -1.99. The van der Waals surface area contributed by atoms with Crippen LogP contribution in [-0.2, 0) is 0 Å². The van der Waals surface area contributed by atoms with E-state index < -0.39 is 11.6 Å². The molecule has 94 valence electrons. The van der Waals surface area contributed by atoms with E-state index in [1.807, 2.05) is 0 Å². The smallest absolute Gasteiger partial charge is 0.144 e. The maximum Gasteiger partial charge on any atom is 0.144 e. The number of rotatable bonds is 2. The first kappa shape index (κ1) is 11.9. The molecule has 0 radical (unpaired) electrons. The van der Waals surface area contributed by atoms with Gasteiger partial charge in [-0.15, -0.1) is 11.3 Å². The number of hydrogen-bond acceptors (Lipinski definition) is 4. The number of aromatic nitrogens is 3. The van der Waals surface area contributed by atoms with Gasteiger partial charge in [-0.3, -0.25) is 9.97 Å². The first-order chi connectivity index (χ1) is 9.24. The molecule has 0 unspecified atom stereocenters. The van der Waals surface area contributed by atoms with E-state index in [0.29, 0.717) is 16.4 Å². The van der Waals surface area contributed by atoms with Crippen molar-refractivity contribution >= 4 is 11.3 Å². The van der Waals surface area contributed by atoms with Crippen LogP contribution in [0.2, 0.25) is 0 Å². The second-order valence-corrected chi connectivity index (χ2v) is 4.61. The van der Waals surface area contributed by atoms with Crippen LogP contribution in [0.15, 0.2) is 42.2 Å². The molecule has 0 saturated carbocycles. The number of nitrogens with zero attached hydrogens (tertiary/aromatic N) is 3. The molecule has 19 heavy (non-hydrogen) atoms. The first-order valence-corrected chi connectivity index (χ1v) is 6.29. The van der Waals surface area contributed by atoms with Crippen molar-refractivity contribution in [3.8, 4) is 22.0 Å². The van der Waals surface area contributed by atoms with Crippen LogP contribution in [0.1, 0.15) is 0 Å². The van der Waals surface area contributed by atoms with Crippen LogP contribution in [0, 0.1) is 11.6 Å². The quantitative estimate of drug-likeness (QED) is 0.718. The molecule has 3 rings (SSSR count). The Morgan fingerprint density at radius 2 is 1.95 bits per heavy atom. The van der Waals surface area contributed by atoms with E-state index in [4.69, 9.17) is 0 Å². The van der Waals surface area contributed by atoms with Crippen LogP contribution < -0.4 is 0 Å². The molecule has 3 aromatic rings. The summed E-state index contributed by atoms with van der Waals surface area (Å²) >= 11 is 1.31. The Balaban J connectivity index is 2.04. The Labute approximate surface area is 111 Å². The summed E-state index contributed by atoms with van der Waals surface area (Å²) in [6, 6.07) is 3.30. The molecule has 0 fully saturated rings. The normalized spacial score (nSPS) is 10.6. The molecular weight excluding hydrogens is 268 g/mol. The lowest BCUT2D eigenvalue weighted by Crippen LogP contribution is -1.87. The zero-order chi connectivity index (χ0) is 13.2. The topological polar surface area (TPSA) is 38.7 Å². The van der Waals surface area contributed by atoms with E-state index in [9.17, 15) is 8.78 Å². The molecule has 0 saturated heterocycles. The van der Waals surface area contributed by atoms with Gasteiger partial charge in [0.25, 0.3) is 0 Å². The Morgan fingerprint density at radius 3 is 2.74 bits per heavy atom. The van der Waals surface area contributed by atoms with Gasteiger partial charge in [-0.05, 0) is 18.2 Å². The lowest BCUT2D eigenvalue weighted by atomic mass is 10.1. The molecule has 0 atom stereocenters. The number of thiazole rings is 1. The maximum absolute atomic E-state index is 13.6. The van der Waals surface area contributed by atoms with Gasteiger partial charge in [0.15, 0.2) is 0 Å². The van der Waals surface area contributed by atoms with Crippen molar-refractivity contribution in [2.45, 2.75) is 0 Å². The van der Waals surface area contributed by atoms with E-state index >= 15 is 0 Å². The fourth-order valence-corrected chi connectivity index (χ4v) is 2.40. The van der Waals surface area contributed by atoms with Crippen molar-refractivity contribution in [2.75, 3.05) is 0 Å². The maximum atomic E-state index is 13.6. The van der Waals surface area contributed by atoms with Gasteiger partial charge in [-0.2, -0.15) is 0 Å². The fourth-order valence-electron chi connectivity index (χ4n) is 1.62. The monoisotopic (exact) mass is 275 g/mol. The van der Waals surface area contributed by atoms with Crippen molar-refractivity contribution < 1.29 is 8.78 Å². The zero-order valence-electron chi connectivity index (χ0n) is 9.55. The predicted molar refractivity (Wildman–Crippen MR) is 68.5 cm³/mol. The van der Waals surface area contributed by atoms with E-state index in [2.05, 4.69) is 15.0 Å². The average molecular weight is 275 g/mol. The van der Waals surface area contributed by atoms with E-state index in [1.165, 1.54) is 11.3 Å². The Morgan fingerprint density at radius 1 is 1.05 bits per heavy atom. The second kappa shape index (κ2) is 4.81. The standard InChI is InChI=1S/C13H7F2N3S/c14-8-1-2-10(15)9(5-8)12-7-19-13(18-12)11-6-16-3-4-17-11/h1-7H. The summed E-state index contributed by atoms with van der Waals surface area (Å²) < 4.78 is 26.8. The summed E-state index contributed by atoms with van der Waals surface area (Å²) in [5.74, 6) is -0.997. The van der Waals surface area contributed by atoms with Crippen LogP contribution >= 0.6 is 11.3 Å². The van der Waals surface area contributed by atoms with E-state index in [-0.39, 0.29) is 5.56 Å². The number of hydrogen-bond donors (Lipinski definition) is 0. The second-order valence-electron chi connectivity index (χ2n) is 3.75. The molecular formula is C13H7F2N3S. The lowest BCUT2D eigenvalue weighted by molar-refractivity contribution is 0.603. The van der Waals surface area contributed by atoms with Gasteiger partial charge >= 0.3 is 0 Å². The third-order valence-electron chi connectivity index (χ3n) is 2.49. The summed E-state index contributed by atoms with van der Waals surface area (Å²) in [6.07, 6.45) is 4.69. The zero-order valence-corrected chi connectivity index (χ0v) is 10.4. The van der Waals surface area contributed by atoms with E-state index in [1.54, 1.807) is 24.0 Å². The van der Waals surface area contributed by atoms with Crippen LogP contribution in [0.4, 0.5) is 8.78 Å². The van der Waals surface area contributed by atoms with Crippen molar-refractivity contribution in [1.82, 2.24) is 15.0 Å². The van der Waals surface area contributed by atoms with Gasteiger partial charge in [0.2, 0.25) is 0 Å². The molecule has 1 aromatic carbocycles. The molecule has 2 aromatic heterocycles. The van der Waals surface area contributed by atoms with Crippen molar-refractivity contribution in [3.05, 3.63) is 53.8 Å². The molecule has 0 spiro atoms. The largest absolute Gasteiger partial charge is 0.261 e. The molecule has 0 aliphatic carbocycles. The highest BCUT2D eigenvalue weighted by molar-refractivity contribution is 7.13. The highest BCUT2D eigenvalue weighted by Gasteiger charge is 2.12. The minimum absolute atomic E-state index is 0.145. The van der Waals surface area contributed by atoms with Crippen LogP contribution in [-0.4, -0.2) is 15.0 Å². The van der Waals surface area contributed by atoms with E-state index in [0.717, 1.165) is 18.2 Å². The van der Waals surface area contributed by atoms with Gasteiger partial charge in [0.1, 0.15) is 22.3 Å². The predicted octanol–water partition coefficient (Wildman–Crippen LogP) is 3.55. The van der Waals surface area contributed by atoms with Gasteiger partial charge in [-0.25, -0.2) is 13.8 Å². The molecule has 0 amide bonds. The molecule has 3 nitrogen and oxygen atoms in total. The Bertz CT molecular complexity index is 713. The highest BCUT2D eigenvalue weighted by Crippen LogP contribution is 2.29. The third kappa shape index (κ3) is 2.34. The van der Waals surface area contributed by atoms with Crippen LogP contribution in [0.25, 0.3) is 22.0 Å². The molecule has 0 aliphatic heterocycles. The number of benzene rings is 1. The Kier molecular flexibility index (Phi) is 3.00. The molecule has 6 heteroatoms. The fraction of sp³-hybridized carbons (Fsp3) is 0. The molecule has 0 N–H and O–H groups in total.